The van der Waals surface area contributed by atoms with Gasteiger partial charge in [-0.2, -0.15) is 0 Å². The molecule has 0 unspecified atom stereocenters. The van der Waals surface area contributed by atoms with Gasteiger partial charge in [0, 0.05) is 6.54 Å². The van der Waals surface area contributed by atoms with Crippen molar-refractivity contribution in [3.63, 3.8) is 0 Å². The number of hydrogen-bond donors (Lipinski definition) is 1. The highest BCUT2D eigenvalue weighted by Crippen LogP contribution is 1.89. The number of rotatable bonds is 6. The molecule has 0 radical (unpaired) electrons. The predicted molar refractivity (Wildman–Crippen MR) is 51.4 cm³/mol. The highest BCUT2D eigenvalue weighted by atomic mass is 14.8. The lowest BCUT2D eigenvalue weighted by molar-refractivity contribution is 0.766. The lowest BCUT2D eigenvalue weighted by Gasteiger charge is -1.94. The number of allylic oxidation sites excluding steroid dienone is 4. The molecule has 0 aromatic carbocycles. The van der Waals surface area contributed by atoms with E-state index in [4.69, 9.17) is 0 Å². The van der Waals surface area contributed by atoms with E-state index in [9.17, 15) is 0 Å². The van der Waals surface area contributed by atoms with Crippen LogP contribution in [0.5, 0.6) is 0 Å². The molecule has 1 nitrogen and oxygen atoms in total. The largest absolute Gasteiger partial charge is 0.391 e. The quantitative estimate of drug-likeness (QED) is 0.454. The van der Waals surface area contributed by atoms with Crippen molar-refractivity contribution in [3.05, 3.63) is 37.1 Å². The molecule has 0 rings (SSSR count). The minimum Gasteiger partial charge on any atom is -0.391 e. The molecule has 0 bridgehead atoms. The van der Waals surface area contributed by atoms with Crippen LogP contribution in [0.1, 0.15) is 19.8 Å². The van der Waals surface area contributed by atoms with Crippen LogP contribution in [-0.2, 0) is 0 Å². The van der Waals surface area contributed by atoms with Gasteiger partial charge in [0.15, 0.2) is 0 Å². The highest BCUT2D eigenvalue weighted by Gasteiger charge is 1.78. The Morgan fingerprint density at radius 1 is 1.36 bits per heavy atom. The van der Waals surface area contributed by atoms with Gasteiger partial charge >= 0.3 is 0 Å². The molecule has 11 heavy (non-hydrogen) atoms. The molecule has 0 saturated heterocycles. The van der Waals surface area contributed by atoms with Crippen molar-refractivity contribution in [1.29, 1.82) is 0 Å². The zero-order chi connectivity index (χ0) is 8.36. The number of hydrogen-bond acceptors (Lipinski definition) is 1. The fourth-order valence-corrected chi connectivity index (χ4v) is 0.710. The summed E-state index contributed by atoms with van der Waals surface area (Å²) in [6.45, 7) is 6.60. The van der Waals surface area contributed by atoms with Gasteiger partial charge < -0.3 is 5.32 Å². The Bertz CT molecular complexity index is 134. The van der Waals surface area contributed by atoms with E-state index in [1.165, 1.54) is 6.42 Å². The average molecular weight is 151 g/mol. The first kappa shape index (κ1) is 10.0. The Morgan fingerprint density at radius 2 is 2.18 bits per heavy atom. The second-order valence-electron chi connectivity index (χ2n) is 2.25. The lowest BCUT2D eigenvalue weighted by Crippen LogP contribution is -2.04. The van der Waals surface area contributed by atoms with Crippen LogP contribution in [0.3, 0.4) is 0 Å². The average Bonchev–Trinajstić information content (AvgIpc) is 2.03. The molecule has 0 aromatic heterocycles. The van der Waals surface area contributed by atoms with Gasteiger partial charge in [0.25, 0.3) is 0 Å². The standard InChI is InChI=1S/C10H17N/c1-3-5-6-7-8-9-10-11-4-2/h3-7,11H,2,8-10H2,1H3/b5-3-,7-6+. The molecule has 1 heteroatoms. The van der Waals surface area contributed by atoms with Crippen molar-refractivity contribution in [2.75, 3.05) is 6.54 Å². The summed E-state index contributed by atoms with van der Waals surface area (Å²) in [5.74, 6) is 0. The zero-order valence-electron chi connectivity index (χ0n) is 7.22. The van der Waals surface area contributed by atoms with E-state index in [0.717, 1.165) is 13.0 Å². The van der Waals surface area contributed by atoms with Gasteiger partial charge in [0.05, 0.1) is 0 Å². The molecule has 0 atom stereocenters. The summed E-state index contributed by atoms with van der Waals surface area (Å²) in [7, 11) is 0. The van der Waals surface area contributed by atoms with E-state index in [-0.39, 0.29) is 0 Å². The van der Waals surface area contributed by atoms with Crippen LogP contribution in [0, 0.1) is 0 Å². The van der Waals surface area contributed by atoms with E-state index >= 15 is 0 Å². The monoisotopic (exact) mass is 151 g/mol. The molecular weight excluding hydrogens is 134 g/mol. The van der Waals surface area contributed by atoms with Crippen molar-refractivity contribution in [2.24, 2.45) is 0 Å². The topological polar surface area (TPSA) is 12.0 Å². The van der Waals surface area contributed by atoms with Crippen LogP contribution < -0.4 is 5.32 Å². The van der Waals surface area contributed by atoms with E-state index in [2.05, 4.69) is 24.0 Å². The van der Waals surface area contributed by atoms with Gasteiger partial charge in [-0.25, -0.2) is 0 Å². The Hall–Kier alpha value is -0.980. The normalized spacial score (nSPS) is 11.0. The third-order valence-electron chi connectivity index (χ3n) is 1.28. The summed E-state index contributed by atoms with van der Waals surface area (Å²) in [5, 5.41) is 3.05. The summed E-state index contributed by atoms with van der Waals surface area (Å²) in [4.78, 5) is 0. The molecular formula is C10H17N. The molecule has 0 aliphatic rings. The highest BCUT2D eigenvalue weighted by molar-refractivity contribution is 5.00. The number of nitrogens with one attached hydrogen (secondary N) is 1. The second-order valence-corrected chi connectivity index (χ2v) is 2.25. The van der Waals surface area contributed by atoms with Gasteiger partial charge in [0.1, 0.15) is 0 Å². The smallest absolute Gasteiger partial charge is 0.0144 e. The van der Waals surface area contributed by atoms with Crippen LogP contribution in [0.2, 0.25) is 0 Å². The minimum absolute atomic E-state index is 1.02. The summed E-state index contributed by atoms with van der Waals surface area (Å²) in [6, 6.07) is 0. The molecule has 0 spiro atoms. The van der Waals surface area contributed by atoms with E-state index in [0.29, 0.717) is 0 Å². The van der Waals surface area contributed by atoms with Gasteiger partial charge in [0.2, 0.25) is 0 Å². The van der Waals surface area contributed by atoms with Crippen LogP contribution in [0.15, 0.2) is 37.1 Å². The fourth-order valence-electron chi connectivity index (χ4n) is 0.710. The zero-order valence-corrected chi connectivity index (χ0v) is 7.22. The minimum atomic E-state index is 1.02. The predicted octanol–water partition coefficient (Wildman–Crippen LogP) is 2.63. The van der Waals surface area contributed by atoms with E-state index in [1.807, 2.05) is 19.1 Å². The third kappa shape index (κ3) is 9.02. The van der Waals surface area contributed by atoms with E-state index in [1.54, 1.807) is 6.20 Å². The van der Waals surface area contributed by atoms with Crippen molar-refractivity contribution in [2.45, 2.75) is 19.8 Å². The Kier molecular flexibility index (Phi) is 8.22. The molecule has 0 aliphatic heterocycles. The fraction of sp³-hybridized carbons (Fsp3) is 0.400. The van der Waals surface area contributed by atoms with Gasteiger partial charge in [-0.15, -0.1) is 0 Å². The molecule has 62 valence electrons. The molecule has 0 fully saturated rings. The van der Waals surface area contributed by atoms with Gasteiger partial charge in [-0.3, -0.25) is 0 Å². The SMILES string of the molecule is C=CNCCC/C=C/C=C\C. The Morgan fingerprint density at radius 3 is 2.82 bits per heavy atom. The van der Waals surface area contributed by atoms with E-state index < -0.39 is 0 Å². The molecule has 0 aromatic rings. The van der Waals surface area contributed by atoms with Gasteiger partial charge in [-0.05, 0) is 26.0 Å². The maximum Gasteiger partial charge on any atom is 0.0144 e. The first-order valence-electron chi connectivity index (χ1n) is 4.04. The first-order valence-corrected chi connectivity index (χ1v) is 4.04. The second kappa shape index (κ2) is 9.02. The van der Waals surface area contributed by atoms with Crippen molar-refractivity contribution < 1.29 is 0 Å². The molecule has 0 heterocycles. The summed E-state index contributed by atoms with van der Waals surface area (Å²) >= 11 is 0. The van der Waals surface area contributed by atoms with Crippen LogP contribution in [0.4, 0.5) is 0 Å². The maximum absolute atomic E-state index is 3.57. The third-order valence-corrected chi connectivity index (χ3v) is 1.28. The Labute approximate surface area is 69.5 Å². The number of unbranched alkanes of at least 4 members (excludes halogenated alkanes) is 1. The van der Waals surface area contributed by atoms with Gasteiger partial charge in [-0.1, -0.05) is 30.9 Å². The lowest BCUT2D eigenvalue weighted by atomic mass is 10.3. The summed E-state index contributed by atoms with van der Waals surface area (Å²) in [5.41, 5.74) is 0. The van der Waals surface area contributed by atoms with Crippen LogP contribution in [-0.4, -0.2) is 6.54 Å². The maximum atomic E-state index is 3.57. The Balaban J connectivity index is 3.06. The molecule has 1 N–H and O–H groups in total. The summed E-state index contributed by atoms with van der Waals surface area (Å²) in [6.07, 6.45) is 12.3. The van der Waals surface area contributed by atoms with Crippen LogP contribution in [0.25, 0.3) is 0 Å². The van der Waals surface area contributed by atoms with Crippen molar-refractivity contribution in [3.8, 4) is 0 Å². The van der Waals surface area contributed by atoms with Crippen molar-refractivity contribution >= 4 is 0 Å². The molecule has 0 amide bonds. The first-order chi connectivity index (χ1) is 5.41. The molecule has 0 saturated carbocycles. The summed E-state index contributed by atoms with van der Waals surface area (Å²) < 4.78 is 0. The van der Waals surface area contributed by atoms with Crippen molar-refractivity contribution in [1.82, 2.24) is 5.32 Å². The molecule has 0 aliphatic carbocycles. The van der Waals surface area contributed by atoms with Crippen LogP contribution >= 0.6 is 0 Å².